The lowest BCUT2D eigenvalue weighted by atomic mass is 10.1. The van der Waals surface area contributed by atoms with Crippen LogP contribution in [0.25, 0.3) is 21.8 Å². The van der Waals surface area contributed by atoms with E-state index in [0.29, 0.717) is 18.8 Å². The Hall–Kier alpha value is -3.42. The van der Waals surface area contributed by atoms with Gasteiger partial charge in [-0.2, -0.15) is 0 Å². The van der Waals surface area contributed by atoms with E-state index < -0.39 is 5.97 Å². The fourth-order valence-electron chi connectivity index (χ4n) is 3.95. The van der Waals surface area contributed by atoms with Crippen LogP contribution in [-0.4, -0.2) is 55.5 Å². The number of esters is 1. The molecule has 7 nitrogen and oxygen atoms in total. The molecule has 2 aromatic carbocycles. The first-order valence-electron chi connectivity index (χ1n) is 11.2. The molecule has 3 heterocycles. The number of nitrogens with zero attached hydrogens (tertiary/aromatic N) is 2. The van der Waals surface area contributed by atoms with Crippen molar-refractivity contribution in [2.75, 3.05) is 40.0 Å². The maximum absolute atomic E-state index is 12.1. The molecule has 0 unspecified atom stereocenters. The average molecular weight is 448 g/mol. The maximum Gasteiger partial charge on any atom is 0.356 e. The zero-order valence-corrected chi connectivity index (χ0v) is 19.0. The number of carbonyl (C=O) groups excluding carboxylic acids is 1. The number of methoxy groups -OCH3 is 1. The van der Waals surface area contributed by atoms with Crippen molar-refractivity contribution >= 4 is 27.8 Å². The maximum atomic E-state index is 12.1. The number of para-hydroxylation sites is 2. The van der Waals surface area contributed by atoms with Gasteiger partial charge in [0.15, 0.2) is 0 Å². The first-order chi connectivity index (χ1) is 16.2. The zero-order chi connectivity index (χ0) is 23.0. The van der Waals surface area contributed by atoms with Crippen molar-refractivity contribution in [3.63, 3.8) is 0 Å². The van der Waals surface area contributed by atoms with Crippen LogP contribution in [0.5, 0.6) is 5.75 Å². The van der Waals surface area contributed by atoms with Gasteiger partial charge in [-0.15, -0.1) is 0 Å². The highest BCUT2D eigenvalue weighted by molar-refractivity contribution is 6.09. The van der Waals surface area contributed by atoms with Crippen LogP contribution in [0.3, 0.4) is 0 Å². The van der Waals surface area contributed by atoms with Crippen molar-refractivity contribution in [3.8, 4) is 5.75 Å². The molecule has 0 atom stereocenters. The third-order valence-corrected chi connectivity index (χ3v) is 5.51. The summed E-state index contributed by atoms with van der Waals surface area (Å²) in [7, 11) is 1.68. The van der Waals surface area contributed by atoms with E-state index in [9.17, 15) is 4.79 Å². The Morgan fingerprint density at radius 3 is 2.52 bits per heavy atom. The Labute approximate surface area is 193 Å². The molecule has 1 saturated heterocycles. The number of benzene rings is 2. The van der Waals surface area contributed by atoms with Gasteiger partial charge in [0, 0.05) is 34.9 Å². The SMILES string of the molecule is C1COCCN1.CCOC(=O)c1cc2c3ccccc3n(Cc3ccccc3OC)c2cn1. The minimum atomic E-state index is -0.402. The summed E-state index contributed by atoms with van der Waals surface area (Å²) in [6.07, 6.45) is 1.75. The summed E-state index contributed by atoms with van der Waals surface area (Å²) >= 11 is 0. The van der Waals surface area contributed by atoms with E-state index >= 15 is 0 Å². The number of nitrogens with one attached hydrogen (secondary N) is 1. The molecule has 4 aromatic rings. The number of rotatable bonds is 5. The van der Waals surface area contributed by atoms with Crippen LogP contribution < -0.4 is 10.1 Å². The Morgan fingerprint density at radius 1 is 1.06 bits per heavy atom. The summed E-state index contributed by atoms with van der Waals surface area (Å²) in [6.45, 7) is 6.60. The molecule has 0 spiro atoms. The first kappa shape index (κ1) is 22.8. The van der Waals surface area contributed by atoms with Crippen LogP contribution in [0.15, 0.2) is 60.8 Å². The Bertz CT molecular complexity index is 1220. The first-order valence-corrected chi connectivity index (χ1v) is 11.2. The monoisotopic (exact) mass is 447 g/mol. The summed E-state index contributed by atoms with van der Waals surface area (Å²) in [5.74, 6) is 0.445. The number of aromatic nitrogens is 2. The molecule has 1 N–H and O–H groups in total. The number of hydrogen-bond acceptors (Lipinski definition) is 6. The van der Waals surface area contributed by atoms with Crippen molar-refractivity contribution in [3.05, 3.63) is 72.1 Å². The molecule has 1 aliphatic heterocycles. The fraction of sp³-hybridized carbons (Fsp3) is 0.308. The van der Waals surface area contributed by atoms with Gasteiger partial charge in [0.25, 0.3) is 0 Å². The molecule has 2 aromatic heterocycles. The Kier molecular flexibility index (Phi) is 7.55. The third kappa shape index (κ3) is 5.16. The number of ether oxygens (including phenoxy) is 3. The van der Waals surface area contributed by atoms with Gasteiger partial charge >= 0.3 is 5.97 Å². The predicted molar refractivity (Wildman–Crippen MR) is 129 cm³/mol. The standard InChI is InChI=1S/C22H20N2O3.C4H9NO/c1-3-27-22(25)18-12-17-16-9-5-6-10-19(16)24(20(17)13-23-18)14-15-8-4-7-11-21(15)26-2;1-3-6-4-2-5-1/h4-13H,3,14H2,1-2H3;5H,1-4H2. The van der Waals surface area contributed by atoms with Gasteiger partial charge < -0.3 is 24.1 Å². The van der Waals surface area contributed by atoms with Crippen molar-refractivity contribution < 1.29 is 19.0 Å². The number of carbonyl (C=O) groups is 1. The Morgan fingerprint density at radius 2 is 1.82 bits per heavy atom. The summed E-state index contributed by atoms with van der Waals surface area (Å²) in [6, 6.07) is 17.9. The molecule has 5 rings (SSSR count). The second-order valence-electron chi connectivity index (χ2n) is 7.58. The number of morpholine rings is 1. The highest BCUT2D eigenvalue weighted by Gasteiger charge is 2.16. The predicted octanol–water partition coefficient (Wildman–Crippen LogP) is 4.03. The fourth-order valence-corrected chi connectivity index (χ4v) is 3.95. The van der Waals surface area contributed by atoms with Gasteiger partial charge in [0.1, 0.15) is 11.4 Å². The van der Waals surface area contributed by atoms with E-state index in [1.165, 1.54) is 0 Å². The van der Waals surface area contributed by atoms with E-state index in [1.807, 2.05) is 36.4 Å². The second-order valence-corrected chi connectivity index (χ2v) is 7.58. The van der Waals surface area contributed by atoms with E-state index in [1.54, 1.807) is 20.2 Å². The molecule has 0 radical (unpaired) electrons. The number of hydrogen-bond donors (Lipinski definition) is 1. The molecule has 0 bridgehead atoms. The van der Waals surface area contributed by atoms with E-state index in [2.05, 4.69) is 33.1 Å². The van der Waals surface area contributed by atoms with Crippen molar-refractivity contribution in [2.24, 2.45) is 0 Å². The zero-order valence-electron chi connectivity index (χ0n) is 19.0. The van der Waals surface area contributed by atoms with Crippen molar-refractivity contribution in [1.29, 1.82) is 0 Å². The van der Waals surface area contributed by atoms with Crippen molar-refractivity contribution in [1.82, 2.24) is 14.9 Å². The van der Waals surface area contributed by atoms with Crippen LogP contribution in [0.1, 0.15) is 23.0 Å². The third-order valence-electron chi connectivity index (χ3n) is 5.51. The largest absolute Gasteiger partial charge is 0.496 e. The van der Waals surface area contributed by atoms with Gasteiger partial charge in [0.2, 0.25) is 0 Å². The lowest BCUT2D eigenvalue weighted by Crippen LogP contribution is -2.30. The second kappa shape index (κ2) is 10.9. The molecule has 33 heavy (non-hydrogen) atoms. The smallest absolute Gasteiger partial charge is 0.356 e. The van der Waals surface area contributed by atoms with Gasteiger partial charge in [0.05, 0.1) is 45.2 Å². The number of pyridine rings is 1. The molecule has 7 heteroatoms. The van der Waals surface area contributed by atoms with Crippen LogP contribution >= 0.6 is 0 Å². The van der Waals surface area contributed by atoms with Crippen LogP contribution in [0.2, 0.25) is 0 Å². The lowest BCUT2D eigenvalue weighted by molar-refractivity contribution is 0.0519. The molecule has 0 saturated carbocycles. The topological polar surface area (TPSA) is 74.6 Å². The molecule has 1 aliphatic rings. The average Bonchev–Trinajstić information content (AvgIpc) is 3.19. The summed E-state index contributed by atoms with van der Waals surface area (Å²) in [5, 5.41) is 5.22. The minimum absolute atomic E-state index is 0.324. The summed E-state index contributed by atoms with van der Waals surface area (Å²) in [5.41, 5.74) is 3.46. The minimum Gasteiger partial charge on any atom is -0.496 e. The molecule has 0 aliphatic carbocycles. The van der Waals surface area contributed by atoms with E-state index in [4.69, 9.17) is 14.2 Å². The van der Waals surface area contributed by atoms with E-state index in [0.717, 1.165) is 59.4 Å². The highest BCUT2D eigenvalue weighted by Crippen LogP contribution is 2.31. The molecular weight excluding hydrogens is 418 g/mol. The van der Waals surface area contributed by atoms with E-state index in [-0.39, 0.29) is 0 Å². The van der Waals surface area contributed by atoms with Crippen molar-refractivity contribution in [2.45, 2.75) is 13.5 Å². The normalized spacial score (nSPS) is 13.4. The molecule has 172 valence electrons. The van der Waals surface area contributed by atoms with Crippen LogP contribution in [0.4, 0.5) is 0 Å². The summed E-state index contributed by atoms with van der Waals surface area (Å²) < 4.78 is 17.8. The Balaban J connectivity index is 0.000000376. The molecule has 1 fully saturated rings. The summed E-state index contributed by atoms with van der Waals surface area (Å²) in [4.78, 5) is 16.4. The quantitative estimate of drug-likeness (QED) is 0.466. The van der Waals surface area contributed by atoms with Gasteiger partial charge in [-0.3, -0.25) is 0 Å². The lowest BCUT2D eigenvalue weighted by Gasteiger charge is -2.11. The van der Waals surface area contributed by atoms with Crippen LogP contribution in [0, 0.1) is 0 Å². The van der Waals surface area contributed by atoms with Crippen LogP contribution in [-0.2, 0) is 16.0 Å². The molecule has 0 amide bonds. The van der Waals surface area contributed by atoms with Gasteiger partial charge in [-0.25, -0.2) is 9.78 Å². The molecular formula is C26H29N3O4. The highest BCUT2D eigenvalue weighted by atomic mass is 16.5. The van der Waals surface area contributed by atoms with Gasteiger partial charge in [-0.1, -0.05) is 36.4 Å². The number of fused-ring (bicyclic) bond motifs is 3. The van der Waals surface area contributed by atoms with Gasteiger partial charge in [-0.05, 0) is 25.1 Å².